The summed E-state index contributed by atoms with van der Waals surface area (Å²) in [5, 5.41) is 0.373. The van der Waals surface area contributed by atoms with Gasteiger partial charge in [-0.05, 0) is 12.1 Å². The van der Waals surface area contributed by atoms with E-state index in [2.05, 4.69) is 9.97 Å². The van der Waals surface area contributed by atoms with Crippen LogP contribution in [0.5, 0.6) is 5.75 Å². The van der Waals surface area contributed by atoms with Crippen LogP contribution in [-0.4, -0.2) is 24.1 Å². The van der Waals surface area contributed by atoms with Crippen molar-refractivity contribution < 1.29 is 4.74 Å². The molecule has 0 atom stereocenters. The zero-order valence-corrected chi connectivity index (χ0v) is 10.3. The zero-order chi connectivity index (χ0) is 12.3. The normalized spacial score (nSPS) is 10.1. The van der Waals surface area contributed by atoms with Crippen LogP contribution in [0.25, 0.3) is 0 Å². The Labute approximate surface area is 105 Å². The van der Waals surface area contributed by atoms with E-state index >= 15 is 0 Å². The number of aromatic nitrogens is 2. The second-order valence-corrected chi connectivity index (χ2v) is 3.79. The summed E-state index contributed by atoms with van der Waals surface area (Å²) in [4.78, 5) is 10.1. The number of halogens is 1. The van der Waals surface area contributed by atoms with Crippen molar-refractivity contribution in [3.63, 3.8) is 0 Å². The van der Waals surface area contributed by atoms with Crippen LogP contribution >= 0.6 is 11.6 Å². The van der Waals surface area contributed by atoms with Crippen molar-refractivity contribution in [3.8, 4) is 5.75 Å². The first-order valence-electron chi connectivity index (χ1n) is 5.06. The number of hydrogen-bond acceptors (Lipinski definition) is 4. The van der Waals surface area contributed by atoms with Gasteiger partial charge in [-0.2, -0.15) is 0 Å². The van der Waals surface area contributed by atoms with Gasteiger partial charge in [-0.3, -0.25) is 0 Å². The molecule has 0 spiro atoms. The fourth-order valence-electron chi connectivity index (χ4n) is 1.48. The van der Waals surface area contributed by atoms with E-state index in [1.54, 1.807) is 19.5 Å². The molecule has 1 aromatic carbocycles. The molecule has 88 valence electrons. The van der Waals surface area contributed by atoms with Gasteiger partial charge in [0.05, 0.1) is 7.11 Å². The summed E-state index contributed by atoms with van der Waals surface area (Å²) < 4.78 is 5.18. The van der Waals surface area contributed by atoms with Gasteiger partial charge in [-0.15, -0.1) is 0 Å². The summed E-state index contributed by atoms with van der Waals surface area (Å²) in [5.74, 6) is 1.40. The highest BCUT2D eigenvalue weighted by atomic mass is 35.5. The molecule has 2 aromatic rings. The third-order valence-corrected chi connectivity index (χ3v) is 2.66. The first kappa shape index (κ1) is 11.7. The summed E-state index contributed by atoms with van der Waals surface area (Å²) in [5.41, 5.74) is 0.937. The van der Waals surface area contributed by atoms with Crippen molar-refractivity contribution in [1.29, 1.82) is 0 Å². The number of ether oxygens (including phenoxy) is 1. The van der Waals surface area contributed by atoms with E-state index in [9.17, 15) is 0 Å². The predicted octanol–water partition coefficient (Wildman–Crippen LogP) is 2.91. The molecule has 17 heavy (non-hydrogen) atoms. The molecule has 0 radical (unpaired) electrons. The first-order chi connectivity index (χ1) is 8.22. The van der Waals surface area contributed by atoms with Crippen molar-refractivity contribution in [2.24, 2.45) is 0 Å². The van der Waals surface area contributed by atoms with Gasteiger partial charge in [-0.25, -0.2) is 9.97 Å². The quantitative estimate of drug-likeness (QED) is 0.838. The van der Waals surface area contributed by atoms with Gasteiger partial charge in [-0.1, -0.05) is 17.7 Å². The van der Waals surface area contributed by atoms with Gasteiger partial charge in [0.2, 0.25) is 0 Å². The Morgan fingerprint density at radius 3 is 2.71 bits per heavy atom. The van der Waals surface area contributed by atoms with Gasteiger partial charge in [0.1, 0.15) is 5.75 Å². The Morgan fingerprint density at radius 1 is 1.24 bits per heavy atom. The third kappa shape index (κ3) is 2.47. The van der Waals surface area contributed by atoms with Crippen LogP contribution in [0.1, 0.15) is 0 Å². The highest BCUT2D eigenvalue weighted by molar-refractivity contribution is 6.31. The van der Waals surface area contributed by atoms with Crippen molar-refractivity contribution in [2.45, 2.75) is 0 Å². The molecule has 0 amide bonds. The van der Waals surface area contributed by atoms with Crippen LogP contribution in [0, 0.1) is 0 Å². The number of benzene rings is 1. The number of methoxy groups -OCH3 is 1. The highest BCUT2D eigenvalue weighted by Crippen LogP contribution is 2.28. The molecule has 1 aromatic heterocycles. The molecule has 5 heteroatoms. The molecular weight excluding hydrogens is 238 g/mol. The lowest BCUT2D eigenvalue weighted by Crippen LogP contribution is -2.12. The van der Waals surface area contributed by atoms with E-state index in [0.717, 1.165) is 11.4 Å². The second-order valence-electron chi connectivity index (χ2n) is 3.43. The van der Waals surface area contributed by atoms with E-state index in [4.69, 9.17) is 16.3 Å². The van der Waals surface area contributed by atoms with Crippen LogP contribution in [0.4, 0.5) is 11.5 Å². The third-order valence-electron chi connectivity index (χ3n) is 2.39. The molecule has 0 unspecified atom stereocenters. The monoisotopic (exact) mass is 249 g/mol. The number of anilines is 2. The summed E-state index contributed by atoms with van der Waals surface area (Å²) in [6.45, 7) is 0. The number of nitrogens with zero attached hydrogens (tertiary/aromatic N) is 3. The van der Waals surface area contributed by atoms with E-state index in [0.29, 0.717) is 11.0 Å². The molecule has 0 fully saturated rings. The average molecular weight is 250 g/mol. The van der Waals surface area contributed by atoms with Gasteiger partial charge in [0, 0.05) is 31.2 Å². The van der Waals surface area contributed by atoms with Crippen molar-refractivity contribution in [2.75, 3.05) is 19.1 Å². The van der Waals surface area contributed by atoms with E-state index in [1.165, 1.54) is 0 Å². The maximum absolute atomic E-state index is 6.00. The maximum atomic E-state index is 6.00. The largest absolute Gasteiger partial charge is 0.497 e. The molecule has 1 heterocycles. The molecule has 4 nitrogen and oxygen atoms in total. The Balaban J connectivity index is 2.37. The lowest BCUT2D eigenvalue weighted by molar-refractivity contribution is 0.415. The standard InChI is InChI=1S/C12H12ClN3O/c1-16(12-11(13)14-6-7-15-12)9-4-3-5-10(8-9)17-2/h3-8H,1-2H3. The minimum absolute atomic E-state index is 0.373. The van der Waals surface area contributed by atoms with Gasteiger partial charge in [0.15, 0.2) is 11.0 Å². The molecule has 0 aliphatic heterocycles. The Hall–Kier alpha value is -1.81. The topological polar surface area (TPSA) is 38.2 Å². The van der Waals surface area contributed by atoms with Crippen LogP contribution in [0.15, 0.2) is 36.7 Å². The van der Waals surface area contributed by atoms with Crippen molar-refractivity contribution in [1.82, 2.24) is 9.97 Å². The summed E-state index contributed by atoms with van der Waals surface area (Å²) in [6, 6.07) is 7.66. The van der Waals surface area contributed by atoms with Crippen LogP contribution in [0.2, 0.25) is 5.15 Å². The maximum Gasteiger partial charge on any atom is 0.172 e. The minimum Gasteiger partial charge on any atom is -0.497 e. The summed E-state index contributed by atoms with van der Waals surface area (Å²) in [7, 11) is 3.51. The van der Waals surface area contributed by atoms with E-state index in [-0.39, 0.29) is 0 Å². The van der Waals surface area contributed by atoms with Crippen LogP contribution in [-0.2, 0) is 0 Å². The Kier molecular flexibility index (Phi) is 3.44. The molecular formula is C12H12ClN3O. The first-order valence-corrected chi connectivity index (χ1v) is 5.44. The molecule has 0 N–H and O–H groups in total. The van der Waals surface area contributed by atoms with Crippen molar-refractivity contribution in [3.05, 3.63) is 41.8 Å². The van der Waals surface area contributed by atoms with Gasteiger partial charge >= 0.3 is 0 Å². The molecule has 0 bridgehead atoms. The lowest BCUT2D eigenvalue weighted by Gasteiger charge is -2.19. The van der Waals surface area contributed by atoms with Crippen molar-refractivity contribution >= 4 is 23.1 Å². The fraction of sp³-hybridized carbons (Fsp3) is 0.167. The Morgan fingerprint density at radius 2 is 2.00 bits per heavy atom. The fourth-order valence-corrected chi connectivity index (χ4v) is 1.71. The zero-order valence-electron chi connectivity index (χ0n) is 9.59. The van der Waals surface area contributed by atoms with E-state index in [1.807, 2.05) is 36.2 Å². The van der Waals surface area contributed by atoms with Gasteiger partial charge < -0.3 is 9.64 Å². The summed E-state index contributed by atoms with van der Waals surface area (Å²) >= 11 is 6.00. The second kappa shape index (κ2) is 5.01. The molecule has 2 rings (SSSR count). The number of hydrogen-bond donors (Lipinski definition) is 0. The predicted molar refractivity (Wildman–Crippen MR) is 68.1 cm³/mol. The molecule has 0 aliphatic carbocycles. The average Bonchev–Trinajstić information content (AvgIpc) is 2.38. The van der Waals surface area contributed by atoms with Crippen LogP contribution < -0.4 is 9.64 Å². The highest BCUT2D eigenvalue weighted by Gasteiger charge is 2.10. The van der Waals surface area contributed by atoms with E-state index < -0.39 is 0 Å². The molecule has 0 saturated carbocycles. The van der Waals surface area contributed by atoms with Gasteiger partial charge in [0.25, 0.3) is 0 Å². The molecule has 0 saturated heterocycles. The molecule has 0 aliphatic rings. The van der Waals surface area contributed by atoms with Crippen LogP contribution in [0.3, 0.4) is 0 Å². The minimum atomic E-state index is 0.373. The smallest absolute Gasteiger partial charge is 0.172 e. The SMILES string of the molecule is COc1cccc(N(C)c2nccnc2Cl)c1. The number of rotatable bonds is 3. The summed E-state index contributed by atoms with van der Waals surface area (Å²) in [6.07, 6.45) is 3.17. The Bertz CT molecular complexity index is 519. The lowest BCUT2D eigenvalue weighted by atomic mass is 10.3.